The van der Waals surface area contributed by atoms with E-state index in [1.54, 1.807) is 36.4 Å². The lowest BCUT2D eigenvalue weighted by Gasteiger charge is -2.03. The van der Waals surface area contributed by atoms with Crippen molar-refractivity contribution in [3.05, 3.63) is 59.4 Å². The van der Waals surface area contributed by atoms with E-state index in [4.69, 9.17) is 16.3 Å². The first-order valence-corrected chi connectivity index (χ1v) is 5.03. The van der Waals surface area contributed by atoms with Gasteiger partial charge in [-0.1, -0.05) is 29.8 Å². The van der Waals surface area contributed by atoms with Crippen molar-refractivity contribution < 1.29 is 9.53 Å². The summed E-state index contributed by atoms with van der Waals surface area (Å²) in [6.45, 7) is 0. The zero-order valence-electron chi connectivity index (χ0n) is 8.26. The Bertz CT molecular complexity index is 499. The number of aromatic nitrogens is 1. The minimum atomic E-state index is -0.559. The van der Waals surface area contributed by atoms with E-state index < -0.39 is 5.97 Å². The molecule has 0 bridgehead atoms. The molecule has 1 aromatic carbocycles. The maximum Gasteiger partial charge on any atom is 0.363 e. The Labute approximate surface area is 97.7 Å². The van der Waals surface area contributed by atoms with Crippen LogP contribution in [0, 0.1) is 0 Å². The fourth-order valence-electron chi connectivity index (χ4n) is 1.18. The van der Waals surface area contributed by atoms with Crippen molar-refractivity contribution in [3.63, 3.8) is 0 Å². The smallest absolute Gasteiger partial charge is 0.363 e. The molecule has 0 N–H and O–H groups in total. The Morgan fingerprint density at radius 3 is 2.56 bits per heavy atom. The number of carbonyl (C=O) groups excluding carboxylic acids is 1. The number of hydrogen-bond donors (Lipinski definition) is 0. The topological polar surface area (TPSA) is 39.2 Å². The molecule has 3 nitrogen and oxygen atoms in total. The summed E-state index contributed by atoms with van der Waals surface area (Å²) in [5.41, 5.74) is 0.119. The Hall–Kier alpha value is -1.87. The predicted octanol–water partition coefficient (Wildman–Crippen LogP) is 2.95. The van der Waals surface area contributed by atoms with Crippen molar-refractivity contribution in [2.45, 2.75) is 0 Å². The first-order chi connectivity index (χ1) is 7.77. The van der Waals surface area contributed by atoms with E-state index in [0.717, 1.165) is 0 Å². The molecule has 0 saturated carbocycles. The second-order valence-corrected chi connectivity index (χ2v) is 3.44. The molecule has 0 aliphatic heterocycles. The molecular weight excluding hydrogens is 226 g/mol. The van der Waals surface area contributed by atoms with Crippen molar-refractivity contribution in [1.29, 1.82) is 0 Å². The van der Waals surface area contributed by atoms with Crippen LogP contribution in [-0.4, -0.2) is 11.0 Å². The van der Waals surface area contributed by atoms with Gasteiger partial charge in [0.05, 0.1) is 5.02 Å². The predicted molar refractivity (Wildman–Crippen MR) is 60.6 cm³/mol. The fraction of sp³-hybridized carbons (Fsp3) is 0. The molecule has 16 heavy (non-hydrogen) atoms. The quantitative estimate of drug-likeness (QED) is 0.591. The van der Waals surface area contributed by atoms with Gasteiger partial charge in [-0.3, -0.25) is 0 Å². The van der Waals surface area contributed by atoms with Gasteiger partial charge in [-0.15, -0.1) is 0 Å². The summed E-state index contributed by atoms with van der Waals surface area (Å²) in [5, 5.41) is 0.281. The number of rotatable bonds is 2. The third-order valence-electron chi connectivity index (χ3n) is 1.91. The summed E-state index contributed by atoms with van der Waals surface area (Å²) in [6, 6.07) is 12.0. The maximum absolute atomic E-state index is 11.7. The van der Waals surface area contributed by atoms with Gasteiger partial charge in [0.1, 0.15) is 5.75 Å². The van der Waals surface area contributed by atoms with Gasteiger partial charge in [0.25, 0.3) is 0 Å². The molecule has 0 aliphatic carbocycles. The number of halogens is 1. The number of hydrogen-bond acceptors (Lipinski definition) is 3. The van der Waals surface area contributed by atoms with E-state index in [2.05, 4.69) is 4.98 Å². The summed E-state index contributed by atoms with van der Waals surface area (Å²) in [4.78, 5) is 15.5. The number of pyridine rings is 1. The summed E-state index contributed by atoms with van der Waals surface area (Å²) >= 11 is 5.82. The minimum Gasteiger partial charge on any atom is -0.422 e. The molecule has 80 valence electrons. The van der Waals surface area contributed by atoms with Crippen molar-refractivity contribution >= 4 is 17.6 Å². The van der Waals surface area contributed by atoms with Crippen LogP contribution in [0.25, 0.3) is 0 Å². The van der Waals surface area contributed by atoms with Crippen LogP contribution in [0.1, 0.15) is 10.5 Å². The number of nitrogens with zero attached hydrogens (tertiary/aromatic N) is 1. The number of benzene rings is 1. The van der Waals surface area contributed by atoms with E-state index in [-0.39, 0.29) is 10.7 Å². The van der Waals surface area contributed by atoms with Crippen LogP contribution in [0.5, 0.6) is 5.75 Å². The van der Waals surface area contributed by atoms with Crippen LogP contribution in [0.3, 0.4) is 0 Å². The average Bonchev–Trinajstić information content (AvgIpc) is 2.31. The van der Waals surface area contributed by atoms with Crippen LogP contribution in [0.4, 0.5) is 0 Å². The first-order valence-electron chi connectivity index (χ1n) is 4.65. The second kappa shape index (κ2) is 4.77. The molecule has 0 aliphatic rings. The molecule has 0 amide bonds. The Morgan fingerprint density at radius 1 is 1.12 bits per heavy atom. The summed E-state index contributed by atoms with van der Waals surface area (Å²) in [5.74, 6) is -0.0916. The van der Waals surface area contributed by atoms with E-state index in [9.17, 15) is 4.79 Å². The van der Waals surface area contributed by atoms with Crippen molar-refractivity contribution in [3.8, 4) is 5.75 Å². The van der Waals surface area contributed by atoms with Crippen LogP contribution in [-0.2, 0) is 0 Å². The monoisotopic (exact) mass is 233 g/mol. The summed E-state index contributed by atoms with van der Waals surface area (Å²) in [6.07, 6.45) is 1.49. The van der Waals surface area contributed by atoms with Gasteiger partial charge < -0.3 is 4.74 Å². The highest BCUT2D eigenvalue weighted by Gasteiger charge is 2.13. The third-order valence-corrected chi connectivity index (χ3v) is 2.21. The lowest BCUT2D eigenvalue weighted by Crippen LogP contribution is -2.10. The lowest BCUT2D eigenvalue weighted by atomic mass is 10.3. The van der Waals surface area contributed by atoms with Gasteiger partial charge in [0.15, 0.2) is 5.69 Å². The molecule has 1 heterocycles. The van der Waals surface area contributed by atoms with Crippen molar-refractivity contribution in [1.82, 2.24) is 4.98 Å². The van der Waals surface area contributed by atoms with Gasteiger partial charge in [-0.25, -0.2) is 9.78 Å². The number of esters is 1. The maximum atomic E-state index is 11.7. The fourth-order valence-corrected chi connectivity index (χ4v) is 1.38. The SMILES string of the molecule is O=C(Oc1ccccc1)c1ncccc1Cl. The summed E-state index contributed by atoms with van der Waals surface area (Å²) < 4.78 is 5.10. The lowest BCUT2D eigenvalue weighted by molar-refractivity contribution is 0.0729. The molecule has 0 unspecified atom stereocenters. The van der Waals surface area contributed by atoms with Crippen LogP contribution in [0.15, 0.2) is 48.7 Å². The van der Waals surface area contributed by atoms with E-state index in [0.29, 0.717) is 5.75 Å². The molecule has 1 aromatic heterocycles. The highest BCUT2D eigenvalue weighted by atomic mass is 35.5. The molecule has 0 fully saturated rings. The third kappa shape index (κ3) is 2.38. The Balaban J connectivity index is 2.19. The Kier molecular flexibility index (Phi) is 3.17. The standard InChI is InChI=1S/C12H8ClNO2/c13-10-7-4-8-14-11(10)12(15)16-9-5-2-1-3-6-9/h1-8H. The number of ether oxygens (including phenoxy) is 1. The van der Waals surface area contributed by atoms with Gasteiger partial charge in [-0.05, 0) is 24.3 Å². The van der Waals surface area contributed by atoms with Gasteiger partial charge >= 0.3 is 5.97 Å². The molecule has 0 saturated heterocycles. The zero-order valence-corrected chi connectivity index (χ0v) is 9.02. The average molecular weight is 234 g/mol. The van der Waals surface area contributed by atoms with E-state index in [1.807, 2.05) is 6.07 Å². The van der Waals surface area contributed by atoms with E-state index >= 15 is 0 Å². The molecule has 2 aromatic rings. The van der Waals surface area contributed by atoms with Crippen molar-refractivity contribution in [2.24, 2.45) is 0 Å². The van der Waals surface area contributed by atoms with E-state index in [1.165, 1.54) is 6.20 Å². The second-order valence-electron chi connectivity index (χ2n) is 3.04. The number of para-hydroxylation sites is 1. The van der Waals surface area contributed by atoms with Gasteiger partial charge in [0, 0.05) is 6.20 Å². The molecular formula is C12H8ClNO2. The van der Waals surface area contributed by atoms with Crippen LogP contribution >= 0.6 is 11.6 Å². The summed E-state index contributed by atoms with van der Waals surface area (Å²) in [7, 11) is 0. The Morgan fingerprint density at radius 2 is 1.88 bits per heavy atom. The highest BCUT2D eigenvalue weighted by Crippen LogP contribution is 2.16. The largest absolute Gasteiger partial charge is 0.422 e. The van der Waals surface area contributed by atoms with Gasteiger partial charge in [0.2, 0.25) is 0 Å². The molecule has 0 radical (unpaired) electrons. The number of carbonyl (C=O) groups is 1. The first kappa shape index (κ1) is 10.6. The molecule has 0 atom stereocenters. The molecule has 4 heteroatoms. The molecule has 0 spiro atoms. The zero-order chi connectivity index (χ0) is 11.4. The highest BCUT2D eigenvalue weighted by molar-refractivity contribution is 6.33. The van der Waals surface area contributed by atoms with Crippen LogP contribution in [0.2, 0.25) is 5.02 Å². The normalized spacial score (nSPS) is 9.81. The van der Waals surface area contributed by atoms with Gasteiger partial charge in [-0.2, -0.15) is 0 Å². The van der Waals surface area contributed by atoms with Crippen molar-refractivity contribution in [2.75, 3.05) is 0 Å². The van der Waals surface area contributed by atoms with Crippen LogP contribution < -0.4 is 4.74 Å². The molecule has 2 rings (SSSR count). The minimum absolute atomic E-state index is 0.119.